The molecule has 0 amide bonds. The Hall–Kier alpha value is -0.910. The Morgan fingerprint density at radius 2 is 2.17 bits per heavy atom. The third-order valence-corrected chi connectivity index (χ3v) is 3.40. The zero-order chi connectivity index (χ0) is 12.8. The third-order valence-electron chi connectivity index (χ3n) is 3.40. The number of aryl methyl sites for hydroxylation is 2. The fourth-order valence-corrected chi connectivity index (χ4v) is 2.19. The Morgan fingerprint density at radius 1 is 1.39 bits per heavy atom. The monoisotopic (exact) mass is 252 g/mol. The van der Waals surface area contributed by atoms with Gasteiger partial charge in [-0.15, -0.1) is 0 Å². The van der Waals surface area contributed by atoms with Gasteiger partial charge in [0.15, 0.2) is 0 Å². The minimum Gasteiger partial charge on any atom is -0.379 e. The van der Waals surface area contributed by atoms with Gasteiger partial charge in [-0.25, -0.2) is 0 Å². The second-order valence-corrected chi connectivity index (χ2v) is 4.73. The van der Waals surface area contributed by atoms with Crippen molar-refractivity contribution in [3.8, 4) is 0 Å². The van der Waals surface area contributed by atoms with E-state index in [-0.39, 0.29) is 0 Å². The summed E-state index contributed by atoms with van der Waals surface area (Å²) in [7, 11) is 2.01. The number of nitrogens with zero attached hydrogens (tertiary/aromatic N) is 3. The lowest BCUT2D eigenvalue weighted by atomic mass is 10.3. The first-order valence-electron chi connectivity index (χ1n) is 6.82. The second-order valence-electron chi connectivity index (χ2n) is 4.73. The molecule has 1 aromatic heterocycles. The van der Waals surface area contributed by atoms with Gasteiger partial charge in [0.1, 0.15) is 0 Å². The van der Waals surface area contributed by atoms with Crippen LogP contribution >= 0.6 is 0 Å². The normalized spacial score (nSPS) is 17.2. The molecule has 0 atom stereocenters. The maximum Gasteiger partial charge on any atom is 0.0625 e. The number of nitrogens with one attached hydrogen (secondary N) is 1. The van der Waals surface area contributed by atoms with E-state index in [1.165, 1.54) is 11.4 Å². The maximum atomic E-state index is 5.33. The van der Waals surface area contributed by atoms with Gasteiger partial charge in [-0.05, 0) is 12.5 Å². The highest BCUT2D eigenvalue weighted by molar-refractivity contribution is 5.09. The van der Waals surface area contributed by atoms with Gasteiger partial charge < -0.3 is 10.1 Å². The predicted octanol–water partition coefficient (Wildman–Crippen LogP) is 0.404. The number of rotatable bonds is 6. The quantitative estimate of drug-likeness (QED) is 0.745. The van der Waals surface area contributed by atoms with E-state index >= 15 is 0 Å². The van der Waals surface area contributed by atoms with E-state index in [4.69, 9.17) is 4.74 Å². The molecule has 2 rings (SSSR count). The molecule has 0 unspecified atom stereocenters. The number of morpholine rings is 1. The van der Waals surface area contributed by atoms with E-state index in [0.717, 1.165) is 52.4 Å². The van der Waals surface area contributed by atoms with Crippen molar-refractivity contribution >= 4 is 0 Å². The van der Waals surface area contributed by atoms with E-state index in [0.29, 0.717) is 0 Å². The SMILES string of the molecule is CCc1cc(CNCCN2CCOCC2)n(C)n1. The molecule has 2 heterocycles. The number of aromatic nitrogens is 2. The Labute approximate surface area is 109 Å². The standard InChI is InChI=1S/C13H24N4O/c1-3-12-10-13(16(2)15-12)11-14-4-5-17-6-8-18-9-7-17/h10,14H,3-9,11H2,1-2H3. The zero-order valence-corrected chi connectivity index (χ0v) is 11.5. The molecule has 5 nitrogen and oxygen atoms in total. The van der Waals surface area contributed by atoms with Crippen LogP contribution in [0.4, 0.5) is 0 Å². The molecule has 0 bridgehead atoms. The van der Waals surface area contributed by atoms with Crippen LogP contribution in [0.5, 0.6) is 0 Å². The molecule has 0 spiro atoms. The predicted molar refractivity (Wildman–Crippen MR) is 71.6 cm³/mol. The van der Waals surface area contributed by atoms with Crippen LogP contribution in [0.1, 0.15) is 18.3 Å². The molecular formula is C13H24N4O. The second kappa shape index (κ2) is 6.87. The summed E-state index contributed by atoms with van der Waals surface area (Å²) in [5.74, 6) is 0. The summed E-state index contributed by atoms with van der Waals surface area (Å²) >= 11 is 0. The molecule has 1 aliphatic heterocycles. The van der Waals surface area contributed by atoms with Gasteiger partial charge in [0, 0.05) is 39.8 Å². The Morgan fingerprint density at radius 3 is 2.83 bits per heavy atom. The van der Waals surface area contributed by atoms with Crippen molar-refractivity contribution in [2.75, 3.05) is 39.4 Å². The summed E-state index contributed by atoms with van der Waals surface area (Å²) in [6, 6.07) is 2.18. The molecule has 1 N–H and O–H groups in total. The smallest absolute Gasteiger partial charge is 0.0625 e. The van der Waals surface area contributed by atoms with Gasteiger partial charge in [-0.1, -0.05) is 6.92 Å². The highest BCUT2D eigenvalue weighted by Crippen LogP contribution is 2.03. The average Bonchev–Trinajstić information content (AvgIpc) is 2.77. The van der Waals surface area contributed by atoms with Crippen molar-refractivity contribution in [1.29, 1.82) is 0 Å². The van der Waals surface area contributed by atoms with Crippen LogP contribution in [-0.4, -0.2) is 54.1 Å². The molecule has 1 aromatic rings. The average molecular weight is 252 g/mol. The Balaban J connectivity index is 1.66. The van der Waals surface area contributed by atoms with E-state index < -0.39 is 0 Å². The summed E-state index contributed by atoms with van der Waals surface area (Å²) < 4.78 is 7.31. The summed E-state index contributed by atoms with van der Waals surface area (Å²) in [4.78, 5) is 2.44. The van der Waals surface area contributed by atoms with Crippen LogP contribution in [0.15, 0.2) is 6.07 Å². The molecule has 1 aliphatic rings. The van der Waals surface area contributed by atoms with Gasteiger partial charge in [-0.2, -0.15) is 5.10 Å². The maximum absolute atomic E-state index is 5.33. The molecule has 5 heteroatoms. The van der Waals surface area contributed by atoms with Crippen LogP contribution in [0.25, 0.3) is 0 Å². The highest BCUT2D eigenvalue weighted by Gasteiger charge is 2.09. The third kappa shape index (κ3) is 3.80. The molecule has 102 valence electrons. The van der Waals surface area contributed by atoms with Gasteiger partial charge in [0.25, 0.3) is 0 Å². The Bertz CT molecular complexity index is 358. The van der Waals surface area contributed by atoms with Crippen LogP contribution < -0.4 is 5.32 Å². The summed E-state index contributed by atoms with van der Waals surface area (Å²) in [5, 5.41) is 7.93. The van der Waals surface area contributed by atoms with E-state index in [9.17, 15) is 0 Å². The van der Waals surface area contributed by atoms with Crippen LogP contribution in [0.3, 0.4) is 0 Å². The van der Waals surface area contributed by atoms with E-state index in [2.05, 4.69) is 28.3 Å². The molecule has 0 aliphatic carbocycles. The summed E-state index contributed by atoms with van der Waals surface area (Å²) in [6.07, 6.45) is 1.00. The first kappa shape index (κ1) is 13.5. The molecule has 1 saturated heterocycles. The van der Waals surface area contributed by atoms with Gasteiger partial charge >= 0.3 is 0 Å². The first-order chi connectivity index (χ1) is 8.79. The lowest BCUT2D eigenvalue weighted by Crippen LogP contribution is -2.40. The van der Waals surface area contributed by atoms with Crippen molar-refractivity contribution in [1.82, 2.24) is 20.0 Å². The van der Waals surface area contributed by atoms with Gasteiger partial charge in [-0.3, -0.25) is 9.58 Å². The lowest BCUT2D eigenvalue weighted by molar-refractivity contribution is 0.0384. The molecule has 0 radical (unpaired) electrons. The number of ether oxygens (including phenoxy) is 1. The zero-order valence-electron chi connectivity index (χ0n) is 11.5. The molecule has 0 saturated carbocycles. The van der Waals surface area contributed by atoms with Crippen molar-refractivity contribution in [3.63, 3.8) is 0 Å². The molecule has 1 fully saturated rings. The fourth-order valence-electron chi connectivity index (χ4n) is 2.19. The van der Waals surface area contributed by atoms with Crippen LogP contribution in [0, 0.1) is 0 Å². The molecular weight excluding hydrogens is 228 g/mol. The minimum absolute atomic E-state index is 0.877. The number of hydrogen-bond acceptors (Lipinski definition) is 4. The Kier molecular flexibility index (Phi) is 5.16. The van der Waals surface area contributed by atoms with Crippen LogP contribution in [0.2, 0.25) is 0 Å². The summed E-state index contributed by atoms with van der Waals surface area (Å²) in [5.41, 5.74) is 2.43. The van der Waals surface area contributed by atoms with E-state index in [1.807, 2.05) is 11.7 Å². The van der Waals surface area contributed by atoms with Crippen molar-refractivity contribution in [2.24, 2.45) is 7.05 Å². The highest BCUT2D eigenvalue weighted by atomic mass is 16.5. The lowest BCUT2D eigenvalue weighted by Gasteiger charge is -2.26. The van der Waals surface area contributed by atoms with Crippen molar-refractivity contribution in [3.05, 3.63) is 17.5 Å². The molecule has 18 heavy (non-hydrogen) atoms. The fraction of sp³-hybridized carbons (Fsp3) is 0.769. The van der Waals surface area contributed by atoms with Gasteiger partial charge in [0.2, 0.25) is 0 Å². The summed E-state index contributed by atoms with van der Waals surface area (Å²) in [6.45, 7) is 9.03. The largest absolute Gasteiger partial charge is 0.379 e. The molecule has 0 aromatic carbocycles. The van der Waals surface area contributed by atoms with Crippen LogP contribution in [-0.2, 0) is 24.8 Å². The van der Waals surface area contributed by atoms with E-state index in [1.54, 1.807) is 0 Å². The van der Waals surface area contributed by atoms with Gasteiger partial charge in [0.05, 0.1) is 24.6 Å². The minimum atomic E-state index is 0.877. The topological polar surface area (TPSA) is 42.3 Å². The van der Waals surface area contributed by atoms with Crippen molar-refractivity contribution < 1.29 is 4.74 Å². The number of hydrogen-bond donors (Lipinski definition) is 1. The first-order valence-corrected chi connectivity index (χ1v) is 6.82. The van der Waals surface area contributed by atoms with Crippen molar-refractivity contribution in [2.45, 2.75) is 19.9 Å².